The minimum absolute atomic E-state index is 0.203. The van der Waals surface area contributed by atoms with E-state index in [1.807, 2.05) is 73.7 Å². The van der Waals surface area contributed by atoms with Gasteiger partial charge >= 0.3 is 0 Å². The molecule has 3 aromatic carbocycles. The van der Waals surface area contributed by atoms with Gasteiger partial charge in [0.15, 0.2) is 0 Å². The van der Waals surface area contributed by atoms with E-state index in [1.54, 1.807) is 23.5 Å². The first-order valence-electron chi connectivity index (χ1n) is 8.81. The summed E-state index contributed by atoms with van der Waals surface area (Å²) in [5.74, 6) is 0.753. The van der Waals surface area contributed by atoms with Gasteiger partial charge in [-0.3, -0.25) is 0 Å². The number of hydrogen-bond donors (Lipinski definition) is 0. The summed E-state index contributed by atoms with van der Waals surface area (Å²) >= 11 is 0. The second-order valence-corrected chi connectivity index (χ2v) is 8.56. The highest BCUT2D eigenvalue weighted by molar-refractivity contribution is 7.89. The molecule has 3 unspecified atom stereocenters. The highest BCUT2D eigenvalue weighted by atomic mass is 32.2. The number of nitrogens with zero attached hydrogens (tertiary/aromatic N) is 1. The van der Waals surface area contributed by atoms with E-state index in [9.17, 15) is 8.42 Å². The predicted molar refractivity (Wildman–Crippen MR) is 105 cm³/mol. The molecule has 138 valence electrons. The van der Waals surface area contributed by atoms with Crippen molar-refractivity contribution in [3.63, 3.8) is 0 Å². The third-order valence-corrected chi connectivity index (χ3v) is 6.83. The van der Waals surface area contributed by atoms with Crippen LogP contribution in [0.2, 0.25) is 0 Å². The average Bonchev–Trinajstić information content (AvgIpc) is 3.46. The first-order chi connectivity index (χ1) is 13.0. The normalized spacial score (nSPS) is 21.6. The van der Waals surface area contributed by atoms with Gasteiger partial charge in [0, 0.05) is 0 Å². The Balaban J connectivity index is 1.75. The molecule has 0 radical (unpaired) electrons. The zero-order valence-corrected chi connectivity index (χ0v) is 16.1. The molecule has 1 saturated heterocycles. The molecule has 1 heterocycles. The van der Waals surface area contributed by atoms with Crippen LogP contribution in [0.25, 0.3) is 0 Å². The van der Waals surface area contributed by atoms with Gasteiger partial charge in [-0.05, 0) is 42.3 Å². The van der Waals surface area contributed by atoms with E-state index in [0.29, 0.717) is 4.90 Å². The quantitative estimate of drug-likeness (QED) is 0.614. The Morgan fingerprint density at radius 2 is 1.33 bits per heavy atom. The van der Waals surface area contributed by atoms with Crippen LogP contribution in [0.4, 0.5) is 0 Å². The molecule has 3 atom stereocenters. The Labute approximate surface area is 160 Å². The standard InChI is InChI=1S/C22H21NO3S/c1-16-8-14-20(15-9-16)27(24,25)23-21(17-6-4-3-5-7-17)22(23)18-10-12-19(26-2)13-11-18/h3-15,21-22H,1-2H3. The molecule has 0 aromatic heterocycles. The summed E-state index contributed by atoms with van der Waals surface area (Å²) in [5.41, 5.74) is 2.99. The Hall–Kier alpha value is -2.63. The number of sulfonamides is 1. The molecule has 3 aromatic rings. The lowest BCUT2D eigenvalue weighted by atomic mass is 10.0. The first kappa shape index (κ1) is 17.8. The van der Waals surface area contributed by atoms with Crippen LogP contribution in [-0.2, 0) is 10.0 Å². The van der Waals surface area contributed by atoms with Crippen molar-refractivity contribution < 1.29 is 13.2 Å². The molecular formula is C22H21NO3S. The Morgan fingerprint density at radius 3 is 1.89 bits per heavy atom. The molecule has 1 aliphatic heterocycles. The fourth-order valence-electron chi connectivity index (χ4n) is 3.45. The van der Waals surface area contributed by atoms with Gasteiger partial charge in [-0.1, -0.05) is 60.2 Å². The number of aryl methyl sites for hydroxylation is 1. The summed E-state index contributed by atoms with van der Waals surface area (Å²) in [6.45, 7) is 1.95. The zero-order valence-electron chi connectivity index (χ0n) is 15.2. The molecule has 0 saturated carbocycles. The van der Waals surface area contributed by atoms with Crippen LogP contribution in [0, 0.1) is 6.92 Å². The van der Waals surface area contributed by atoms with E-state index in [0.717, 1.165) is 22.4 Å². The molecule has 4 nitrogen and oxygen atoms in total. The Kier molecular flexibility index (Phi) is 4.50. The van der Waals surface area contributed by atoms with Gasteiger partial charge in [-0.2, -0.15) is 4.31 Å². The molecule has 0 amide bonds. The molecule has 1 aliphatic rings. The minimum Gasteiger partial charge on any atom is -0.497 e. The number of ether oxygens (including phenoxy) is 1. The van der Waals surface area contributed by atoms with E-state index in [2.05, 4.69) is 0 Å². The summed E-state index contributed by atoms with van der Waals surface area (Å²) in [6.07, 6.45) is 0. The maximum Gasteiger partial charge on any atom is 0.244 e. The van der Waals surface area contributed by atoms with E-state index >= 15 is 0 Å². The predicted octanol–water partition coefficient (Wildman–Crippen LogP) is 4.49. The van der Waals surface area contributed by atoms with Crippen molar-refractivity contribution in [1.82, 2.24) is 4.31 Å². The van der Waals surface area contributed by atoms with Crippen molar-refractivity contribution in [3.8, 4) is 5.75 Å². The van der Waals surface area contributed by atoms with Crippen LogP contribution in [0.1, 0.15) is 28.8 Å². The molecule has 0 aliphatic carbocycles. The van der Waals surface area contributed by atoms with Crippen LogP contribution in [-0.4, -0.2) is 19.8 Å². The van der Waals surface area contributed by atoms with Gasteiger partial charge in [-0.15, -0.1) is 0 Å². The van der Waals surface area contributed by atoms with Crippen LogP contribution in [0.3, 0.4) is 0 Å². The van der Waals surface area contributed by atoms with Crippen molar-refractivity contribution in [2.24, 2.45) is 0 Å². The maximum absolute atomic E-state index is 13.3. The van der Waals surface area contributed by atoms with Crippen molar-refractivity contribution in [1.29, 1.82) is 0 Å². The first-order valence-corrected chi connectivity index (χ1v) is 10.3. The van der Waals surface area contributed by atoms with Gasteiger partial charge < -0.3 is 4.74 Å². The summed E-state index contributed by atoms with van der Waals surface area (Å²) in [7, 11) is -1.97. The van der Waals surface area contributed by atoms with Gasteiger partial charge in [0.25, 0.3) is 0 Å². The van der Waals surface area contributed by atoms with Crippen LogP contribution >= 0.6 is 0 Å². The molecular weight excluding hydrogens is 358 g/mol. The van der Waals surface area contributed by atoms with Crippen LogP contribution in [0.5, 0.6) is 5.75 Å². The van der Waals surface area contributed by atoms with Crippen LogP contribution < -0.4 is 4.74 Å². The lowest BCUT2D eigenvalue weighted by molar-refractivity contribution is 0.414. The minimum atomic E-state index is -3.59. The van der Waals surface area contributed by atoms with Crippen molar-refractivity contribution in [2.75, 3.05) is 7.11 Å². The maximum atomic E-state index is 13.3. The average molecular weight is 379 g/mol. The van der Waals surface area contributed by atoms with Crippen molar-refractivity contribution in [3.05, 3.63) is 95.6 Å². The second kappa shape index (κ2) is 6.83. The third kappa shape index (κ3) is 3.24. The van der Waals surface area contributed by atoms with Crippen molar-refractivity contribution >= 4 is 10.0 Å². The fraction of sp³-hybridized carbons (Fsp3) is 0.182. The van der Waals surface area contributed by atoms with E-state index in [1.165, 1.54) is 0 Å². The lowest BCUT2D eigenvalue weighted by Crippen LogP contribution is -2.13. The monoisotopic (exact) mass is 379 g/mol. The number of benzene rings is 3. The van der Waals surface area contributed by atoms with Crippen LogP contribution in [0.15, 0.2) is 83.8 Å². The van der Waals surface area contributed by atoms with E-state index in [-0.39, 0.29) is 12.1 Å². The molecule has 0 bridgehead atoms. The number of methoxy groups -OCH3 is 1. The third-order valence-electron chi connectivity index (χ3n) is 4.95. The molecule has 0 spiro atoms. The molecule has 0 N–H and O–H groups in total. The topological polar surface area (TPSA) is 46.4 Å². The fourth-order valence-corrected chi connectivity index (χ4v) is 5.19. The molecule has 5 heteroatoms. The summed E-state index contributed by atoms with van der Waals surface area (Å²) < 4.78 is 33.4. The van der Waals surface area contributed by atoms with E-state index in [4.69, 9.17) is 4.74 Å². The zero-order chi connectivity index (χ0) is 19.0. The molecule has 1 fully saturated rings. The lowest BCUT2D eigenvalue weighted by Gasteiger charge is -2.08. The summed E-state index contributed by atoms with van der Waals surface area (Å²) in [5, 5.41) is 0. The number of rotatable bonds is 5. The Morgan fingerprint density at radius 1 is 0.778 bits per heavy atom. The highest BCUT2D eigenvalue weighted by Gasteiger charge is 2.56. The largest absolute Gasteiger partial charge is 0.497 e. The van der Waals surface area contributed by atoms with Gasteiger partial charge in [0.05, 0.1) is 24.1 Å². The van der Waals surface area contributed by atoms with Gasteiger partial charge in [0.2, 0.25) is 10.0 Å². The smallest absolute Gasteiger partial charge is 0.244 e. The summed E-state index contributed by atoms with van der Waals surface area (Å²) in [4.78, 5) is 0.324. The van der Waals surface area contributed by atoms with Crippen molar-refractivity contribution in [2.45, 2.75) is 23.9 Å². The Bertz CT molecular complexity index is 1030. The highest BCUT2D eigenvalue weighted by Crippen LogP contribution is 2.57. The summed E-state index contributed by atoms with van der Waals surface area (Å²) in [6, 6.07) is 24.0. The van der Waals surface area contributed by atoms with E-state index < -0.39 is 10.0 Å². The van der Waals surface area contributed by atoms with Gasteiger partial charge in [0.1, 0.15) is 5.75 Å². The second-order valence-electron chi connectivity index (χ2n) is 6.72. The SMILES string of the molecule is COc1ccc(C2C(c3ccccc3)N2S(=O)(=O)c2ccc(C)cc2)cc1. The molecule has 4 rings (SSSR count). The van der Waals surface area contributed by atoms with Gasteiger partial charge in [-0.25, -0.2) is 8.42 Å². The number of hydrogen-bond acceptors (Lipinski definition) is 3. The molecule has 27 heavy (non-hydrogen) atoms.